The van der Waals surface area contributed by atoms with E-state index in [1.54, 1.807) is 0 Å². The molecule has 2 aromatic rings. The van der Waals surface area contributed by atoms with Gasteiger partial charge in [-0.1, -0.05) is 24.3 Å². The molecule has 0 aliphatic carbocycles. The first-order chi connectivity index (χ1) is 9.82. The first-order valence-corrected chi connectivity index (χ1v) is 7.86. The fourth-order valence-corrected chi connectivity index (χ4v) is 2.76. The lowest BCUT2D eigenvalue weighted by atomic mass is 9.78. The maximum atomic E-state index is 10.9. The van der Waals surface area contributed by atoms with Gasteiger partial charge in [-0.2, -0.15) is 0 Å². The van der Waals surface area contributed by atoms with Crippen LogP contribution in [0.5, 0.6) is 0 Å². The second kappa shape index (κ2) is 4.91. The number of fused-ring (bicyclic) bond motifs is 1. The predicted octanol–water partition coefficient (Wildman–Crippen LogP) is 3.06. The Labute approximate surface area is 127 Å². The van der Waals surface area contributed by atoms with E-state index >= 15 is 0 Å². The molecule has 0 unspecified atom stereocenters. The van der Waals surface area contributed by atoms with Crippen molar-refractivity contribution in [3.8, 4) is 0 Å². The van der Waals surface area contributed by atoms with Gasteiger partial charge in [0.05, 0.1) is 11.2 Å². The molecule has 3 nitrogen and oxygen atoms in total. The van der Waals surface area contributed by atoms with Gasteiger partial charge in [-0.3, -0.25) is 4.57 Å². The molecule has 0 amide bonds. The Kier molecular flexibility index (Phi) is 3.44. The van der Waals surface area contributed by atoms with E-state index in [1.165, 1.54) is 0 Å². The van der Waals surface area contributed by atoms with Crippen molar-refractivity contribution >= 4 is 37.1 Å². The Morgan fingerprint density at radius 1 is 0.905 bits per heavy atom. The zero-order chi connectivity index (χ0) is 15.3. The molecule has 0 atom stereocenters. The summed E-state index contributed by atoms with van der Waals surface area (Å²) >= 11 is 0. The fraction of sp³-hybridized carbons (Fsp3) is 0.375. The highest BCUT2D eigenvalue weighted by atomic mass is 31.1. The highest BCUT2D eigenvalue weighted by Crippen LogP contribution is 2.36. The molecule has 0 saturated carbocycles. The minimum atomic E-state index is -0.350. The lowest BCUT2D eigenvalue weighted by Crippen LogP contribution is -2.41. The van der Waals surface area contributed by atoms with Crippen LogP contribution < -0.4 is 10.8 Å². The van der Waals surface area contributed by atoms with Gasteiger partial charge in [0.25, 0.3) is 0 Å². The third-order valence-corrected chi connectivity index (χ3v) is 4.97. The van der Waals surface area contributed by atoms with Gasteiger partial charge in [0, 0.05) is 5.30 Å². The Morgan fingerprint density at radius 3 is 2.10 bits per heavy atom. The summed E-state index contributed by atoms with van der Waals surface area (Å²) in [4.78, 5) is 0. The van der Waals surface area contributed by atoms with Crippen LogP contribution in [0.15, 0.2) is 36.4 Å². The fourth-order valence-electron chi connectivity index (χ4n) is 2.43. The molecule has 1 saturated heterocycles. The molecule has 1 fully saturated rings. The molecule has 0 radical (unpaired) electrons. The van der Waals surface area contributed by atoms with E-state index < -0.39 is 0 Å². The van der Waals surface area contributed by atoms with Crippen LogP contribution >= 0.6 is 8.46 Å². The zero-order valence-electron chi connectivity index (χ0n) is 12.7. The van der Waals surface area contributed by atoms with Crippen molar-refractivity contribution in [3.05, 3.63) is 36.4 Å². The van der Waals surface area contributed by atoms with Gasteiger partial charge in [-0.15, -0.1) is 0 Å². The van der Waals surface area contributed by atoms with Gasteiger partial charge < -0.3 is 9.31 Å². The maximum absolute atomic E-state index is 10.9. The van der Waals surface area contributed by atoms with Gasteiger partial charge in [0.2, 0.25) is 0 Å². The number of hydrogen-bond acceptors (Lipinski definition) is 3. The van der Waals surface area contributed by atoms with Crippen molar-refractivity contribution in [2.45, 2.75) is 38.9 Å². The average Bonchev–Trinajstić information content (AvgIpc) is 2.66. The molecule has 1 heterocycles. The van der Waals surface area contributed by atoms with Crippen molar-refractivity contribution in [2.75, 3.05) is 0 Å². The molecule has 1 aliphatic rings. The largest absolute Gasteiger partial charge is 0.494 e. The monoisotopic (exact) mass is 300 g/mol. The Balaban J connectivity index is 1.97. The predicted molar refractivity (Wildman–Crippen MR) is 86.9 cm³/mol. The highest BCUT2D eigenvalue weighted by molar-refractivity contribution is 7.34. The van der Waals surface area contributed by atoms with Crippen molar-refractivity contribution in [1.82, 2.24) is 0 Å². The van der Waals surface area contributed by atoms with Crippen LogP contribution in [-0.4, -0.2) is 18.3 Å². The van der Waals surface area contributed by atoms with Crippen molar-refractivity contribution in [2.24, 2.45) is 0 Å². The Morgan fingerprint density at radius 2 is 1.48 bits per heavy atom. The van der Waals surface area contributed by atoms with E-state index in [0.29, 0.717) is 0 Å². The van der Waals surface area contributed by atoms with E-state index in [0.717, 1.165) is 21.5 Å². The summed E-state index contributed by atoms with van der Waals surface area (Å²) in [6.07, 6.45) is 0. The molecule has 2 aromatic carbocycles. The molecule has 0 spiro atoms. The minimum Gasteiger partial charge on any atom is -0.399 e. The lowest BCUT2D eigenvalue weighted by molar-refractivity contribution is 0.00578. The van der Waals surface area contributed by atoms with Crippen molar-refractivity contribution < 1.29 is 13.9 Å². The van der Waals surface area contributed by atoms with Gasteiger partial charge >= 0.3 is 7.12 Å². The van der Waals surface area contributed by atoms with Gasteiger partial charge in [-0.05, 0) is 56.1 Å². The van der Waals surface area contributed by atoms with E-state index in [4.69, 9.17) is 9.31 Å². The van der Waals surface area contributed by atoms with E-state index in [-0.39, 0.29) is 26.8 Å². The third kappa shape index (κ3) is 2.52. The number of hydrogen-bond donors (Lipinski definition) is 0. The molecular formula is C16H18BO3P. The Hall–Kier alpha value is -1.22. The van der Waals surface area contributed by atoms with Crippen LogP contribution in [0, 0.1) is 0 Å². The summed E-state index contributed by atoms with van der Waals surface area (Å²) in [5.74, 6) is 0. The summed E-state index contributed by atoms with van der Waals surface area (Å²) < 4.78 is 23.1. The molecule has 0 aromatic heterocycles. The Bertz CT molecular complexity index is 696. The quantitative estimate of drug-likeness (QED) is 0.631. The van der Waals surface area contributed by atoms with E-state index in [2.05, 4.69) is 6.07 Å². The third-order valence-electron chi connectivity index (χ3n) is 4.48. The summed E-state index contributed by atoms with van der Waals surface area (Å²) in [5.41, 5.74) is 0.337. The van der Waals surface area contributed by atoms with Gasteiger partial charge in [-0.25, -0.2) is 0 Å². The van der Waals surface area contributed by atoms with E-state index in [1.807, 2.05) is 58.0 Å². The summed E-state index contributed by atoms with van der Waals surface area (Å²) in [5, 5.41) is 2.94. The SMILES string of the molecule is CC1(C)OB(c2ccc3cc(P=O)ccc3c2)OC1(C)C. The smallest absolute Gasteiger partial charge is 0.399 e. The maximum Gasteiger partial charge on any atom is 0.494 e. The van der Waals surface area contributed by atoms with Crippen LogP contribution in [-0.2, 0) is 13.9 Å². The van der Waals surface area contributed by atoms with Crippen LogP contribution in [0.4, 0.5) is 0 Å². The second-order valence-electron chi connectivity index (χ2n) is 6.47. The van der Waals surface area contributed by atoms with Crippen LogP contribution in [0.2, 0.25) is 0 Å². The van der Waals surface area contributed by atoms with Crippen LogP contribution in [0.1, 0.15) is 27.7 Å². The van der Waals surface area contributed by atoms with Crippen LogP contribution in [0.3, 0.4) is 0 Å². The molecule has 0 N–H and O–H groups in total. The molecule has 3 rings (SSSR count). The first-order valence-electron chi connectivity index (χ1n) is 7.05. The highest BCUT2D eigenvalue weighted by Gasteiger charge is 2.51. The van der Waals surface area contributed by atoms with Crippen molar-refractivity contribution in [1.29, 1.82) is 0 Å². The zero-order valence-corrected chi connectivity index (χ0v) is 13.6. The van der Waals surface area contributed by atoms with E-state index in [9.17, 15) is 4.57 Å². The second-order valence-corrected chi connectivity index (χ2v) is 7.17. The summed E-state index contributed by atoms with van der Waals surface area (Å²) in [6.45, 7) is 8.20. The molecule has 1 aliphatic heterocycles. The summed E-state index contributed by atoms with van der Waals surface area (Å²) in [6, 6.07) is 11.9. The topological polar surface area (TPSA) is 35.5 Å². The lowest BCUT2D eigenvalue weighted by Gasteiger charge is -2.32. The first kappa shape index (κ1) is 14.7. The number of rotatable bonds is 2. The molecule has 108 valence electrons. The molecular weight excluding hydrogens is 282 g/mol. The molecule has 5 heteroatoms. The molecule has 21 heavy (non-hydrogen) atoms. The van der Waals surface area contributed by atoms with Gasteiger partial charge in [0.1, 0.15) is 0 Å². The summed E-state index contributed by atoms with van der Waals surface area (Å²) in [7, 11) is -0.303. The van der Waals surface area contributed by atoms with Crippen LogP contribution in [0.25, 0.3) is 10.8 Å². The average molecular weight is 300 g/mol. The molecule has 0 bridgehead atoms. The van der Waals surface area contributed by atoms with Gasteiger partial charge in [0.15, 0.2) is 8.46 Å². The standard InChI is InChI=1S/C16H18BO3P/c1-15(2)16(3,4)20-17(19-15)13-7-5-12-10-14(21-18)8-6-11(12)9-13/h5-10H,1-4H3. The number of benzene rings is 2. The minimum absolute atomic E-state index is 0.0474. The van der Waals surface area contributed by atoms with Crippen molar-refractivity contribution in [3.63, 3.8) is 0 Å². The normalized spacial score (nSPS) is 20.3.